The van der Waals surface area contributed by atoms with Crippen LogP contribution in [-0.2, 0) is 9.53 Å². The first-order valence-corrected chi connectivity index (χ1v) is 5.33. The predicted octanol–water partition coefficient (Wildman–Crippen LogP) is 2.59. The van der Waals surface area contributed by atoms with E-state index in [1.54, 1.807) is 0 Å². The third kappa shape index (κ3) is 4.87. The van der Waals surface area contributed by atoms with Crippen molar-refractivity contribution in [2.75, 3.05) is 6.61 Å². The van der Waals surface area contributed by atoms with Crippen LogP contribution >= 0.6 is 0 Å². The van der Waals surface area contributed by atoms with Gasteiger partial charge in [0, 0.05) is 5.57 Å². The molecule has 0 N–H and O–H groups in total. The number of alkyl halides is 2. The number of carbonyl (C=O) groups is 2. The molecule has 1 aromatic rings. The Morgan fingerprint density at radius 1 is 1.26 bits per heavy atom. The molecule has 0 heterocycles. The number of ether oxygens (including phenoxy) is 2. The van der Waals surface area contributed by atoms with Crippen molar-refractivity contribution in [1.82, 2.24) is 0 Å². The molecular weight excluding hydrogens is 258 g/mol. The van der Waals surface area contributed by atoms with E-state index in [9.17, 15) is 18.4 Å². The quantitative estimate of drug-likeness (QED) is 0.469. The van der Waals surface area contributed by atoms with Crippen LogP contribution in [-0.4, -0.2) is 25.0 Å². The van der Waals surface area contributed by atoms with Crippen LogP contribution in [0.15, 0.2) is 36.4 Å². The summed E-state index contributed by atoms with van der Waals surface area (Å²) < 4.78 is 32.9. The summed E-state index contributed by atoms with van der Waals surface area (Å²) >= 11 is 0. The van der Waals surface area contributed by atoms with E-state index in [2.05, 4.69) is 11.3 Å². The summed E-state index contributed by atoms with van der Waals surface area (Å²) in [7, 11) is 0. The van der Waals surface area contributed by atoms with Gasteiger partial charge in [-0.05, 0) is 31.2 Å². The van der Waals surface area contributed by atoms with Crippen LogP contribution in [0.3, 0.4) is 0 Å². The minimum atomic E-state index is -2.71. The Hall–Kier alpha value is -2.24. The lowest BCUT2D eigenvalue weighted by Gasteiger charge is -2.06. The summed E-state index contributed by atoms with van der Waals surface area (Å²) in [5.41, 5.74) is 0.330. The van der Waals surface area contributed by atoms with Crippen LogP contribution in [0.5, 0.6) is 5.75 Å². The normalized spacial score (nSPS) is 10.1. The SMILES string of the molecule is C=C(C)C(=O)Oc1ccc(C(=O)OCC(F)F)cc1. The lowest BCUT2D eigenvalue weighted by molar-refractivity contribution is -0.130. The van der Waals surface area contributed by atoms with Gasteiger partial charge in [0.25, 0.3) is 6.43 Å². The Bertz CT molecular complexity index is 480. The molecule has 0 amide bonds. The van der Waals surface area contributed by atoms with E-state index in [0.29, 0.717) is 0 Å². The molecule has 0 aliphatic rings. The number of rotatable bonds is 5. The molecule has 102 valence electrons. The van der Waals surface area contributed by atoms with Crippen LogP contribution in [0, 0.1) is 0 Å². The van der Waals surface area contributed by atoms with Crippen molar-refractivity contribution in [3.05, 3.63) is 42.0 Å². The summed E-state index contributed by atoms with van der Waals surface area (Å²) in [6.07, 6.45) is -2.71. The maximum atomic E-state index is 11.9. The topological polar surface area (TPSA) is 52.6 Å². The summed E-state index contributed by atoms with van der Waals surface area (Å²) in [4.78, 5) is 22.5. The fourth-order valence-corrected chi connectivity index (χ4v) is 1.08. The van der Waals surface area contributed by atoms with Gasteiger partial charge in [0.05, 0.1) is 5.56 Å². The maximum Gasteiger partial charge on any atom is 0.338 e. The second-order valence-corrected chi connectivity index (χ2v) is 3.68. The first kappa shape index (κ1) is 14.8. The highest BCUT2D eigenvalue weighted by atomic mass is 19.3. The van der Waals surface area contributed by atoms with Crippen molar-refractivity contribution >= 4 is 11.9 Å². The number of esters is 2. The third-order valence-electron chi connectivity index (χ3n) is 1.99. The van der Waals surface area contributed by atoms with E-state index in [4.69, 9.17) is 4.74 Å². The number of carbonyl (C=O) groups excluding carboxylic acids is 2. The van der Waals surface area contributed by atoms with Gasteiger partial charge >= 0.3 is 11.9 Å². The molecule has 19 heavy (non-hydrogen) atoms. The standard InChI is InChI=1S/C13H12F2O4/c1-8(2)12(16)19-10-5-3-9(4-6-10)13(17)18-7-11(14)15/h3-6,11H,1,7H2,2H3. The molecule has 0 aliphatic carbocycles. The molecule has 0 aliphatic heterocycles. The zero-order valence-corrected chi connectivity index (χ0v) is 10.2. The van der Waals surface area contributed by atoms with Crippen LogP contribution in [0.1, 0.15) is 17.3 Å². The van der Waals surface area contributed by atoms with E-state index in [1.807, 2.05) is 0 Å². The Morgan fingerprint density at radius 3 is 2.32 bits per heavy atom. The van der Waals surface area contributed by atoms with E-state index in [0.717, 1.165) is 0 Å². The summed E-state index contributed by atoms with van der Waals surface area (Å²) in [5, 5.41) is 0. The minimum absolute atomic E-state index is 0.0933. The van der Waals surface area contributed by atoms with E-state index in [1.165, 1.54) is 31.2 Å². The Morgan fingerprint density at radius 2 is 1.84 bits per heavy atom. The van der Waals surface area contributed by atoms with Gasteiger partial charge in [-0.1, -0.05) is 6.58 Å². The van der Waals surface area contributed by atoms with Gasteiger partial charge in [-0.2, -0.15) is 0 Å². The lowest BCUT2D eigenvalue weighted by atomic mass is 10.2. The molecule has 0 saturated carbocycles. The van der Waals surface area contributed by atoms with Crippen molar-refractivity contribution in [3.63, 3.8) is 0 Å². The monoisotopic (exact) mass is 270 g/mol. The van der Waals surface area contributed by atoms with Gasteiger partial charge in [0.2, 0.25) is 0 Å². The van der Waals surface area contributed by atoms with Crippen molar-refractivity contribution in [3.8, 4) is 5.75 Å². The first-order chi connectivity index (χ1) is 8.90. The molecule has 0 spiro atoms. The van der Waals surface area contributed by atoms with Crippen molar-refractivity contribution in [2.45, 2.75) is 13.3 Å². The molecule has 4 nitrogen and oxygen atoms in total. The van der Waals surface area contributed by atoms with Gasteiger partial charge < -0.3 is 9.47 Å². The number of hydrogen-bond donors (Lipinski definition) is 0. The lowest BCUT2D eigenvalue weighted by Crippen LogP contribution is -2.12. The third-order valence-corrected chi connectivity index (χ3v) is 1.99. The van der Waals surface area contributed by atoms with E-state index >= 15 is 0 Å². The van der Waals surface area contributed by atoms with Crippen molar-refractivity contribution in [1.29, 1.82) is 0 Å². The first-order valence-electron chi connectivity index (χ1n) is 5.33. The summed E-state index contributed by atoms with van der Waals surface area (Å²) in [6, 6.07) is 5.35. The van der Waals surface area contributed by atoms with Crippen LogP contribution < -0.4 is 4.74 Å². The Kier molecular flexibility index (Phi) is 5.17. The highest BCUT2D eigenvalue weighted by molar-refractivity contribution is 5.90. The molecule has 0 radical (unpaired) electrons. The van der Waals surface area contributed by atoms with Crippen LogP contribution in [0.4, 0.5) is 8.78 Å². The van der Waals surface area contributed by atoms with Crippen LogP contribution in [0.25, 0.3) is 0 Å². The molecule has 6 heteroatoms. The Labute approximate surface area is 108 Å². The van der Waals surface area contributed by atoms with Gasteiger partial charge in [-0.15, -0.1) is 0 Å². The van der Waals surface area contributed by atoms with Crippen LogP contribution in [0.2, 0.25) is 0 Å². The average Bonchev–Trinajstić information content (AvgIpc) is 2.36. The molecule has 0 unspecified atom stereocenters. The second-order valence-electron chi connectivity index (χ2n) is 3.68. The largest absolute Gasteiger partial charge is 0.456 e. The zero-order chi connectivity index (χ0) is 14.4. The van der Waals surface area contributed by atoms with Crippen molar-refractivity contribution < 1.29 is 27.8 Å². The fraction of sp³-hybridized carbons (Fsp3) is 0.231. The van der Waals surface area contributed by atoms with E-state index in [-0.39, 0.29) is 16.9 Å². The van der Waals surface area contributed by atoms with Gasteiger partial charge in [0.1, 0.15) is 5.75 Å². The maximum absolute atomic E-state index is 11.9. The average molecular weight is 270 g/mol. The minimum Gasteiger partial charge on any atom is -0.456 e. The molecule has 0 bridgehead atoms. The van der Waals surface area contributed by atoms with Gasteiger partial charge in [-0.25, -0.2) is 18.4 Å². The van der Waals surface area contributed by atoms with Gasteiger partial charge in [0.15, 0.2) is 6.61 Å². The zero-order valence-electron chi connectivity index (χ0n) is 10.2. The number of benzene rings is 1. The number of hydrogen-bond acceptors (Lipinski definition) is 4. The highest BCUT2D eigenvalue weighted by Crippen LogP contribution is 2.14. The summed E-state index contributed by atoms with van der Waals surface area (Å²) in [5.74, 6) is -1.23. The molecule has 0 aromatic heterocycles. The molecule has 0 atom stereocenters. The number of halogens is 2. The smallest absolute Gasteiger partial charge is 0.338 e. The molecular formula is C13H12F2O4. The van der Waals surface area contributed by atoms with Gasteiger partial charge in [-0.3, -0.25) is 0 Å². The predicted molar refractivity (Wildman–Crippen MR) is 63.2 cm³/mol. The fourth-order valence-electron chi connectivity index (χ4n) is 1.08. The molecule has 0 saturated heterocycles. The van der Waals surface area contributed by atoms with Crippen molar-refractivity contribution in [2.24, 2.45) is 0 Å². The summed E-state index contributed by atoms with van der Waals surface area (Å²) in [6.45, 7) is 3.96. The second kappa shape index (κ2) is 6.63. The highest BCUT2D eigenvalue weighted by Gasteiger charge is 2.11. The molecule has 0 fully saturated rings. The van der Waals surface area contributed by atoms with E-state index < -0.39 is 25.0 Å². The molecule has 1 rings (SSSR count). The Balaban J connectivity index is 2.63. The molecule has 1 aromatic carbocycles.